The van der Waals surface area contributed by atoms with Crippen LogP contribution in [0.5, 0.6) is 0 Å². The Labute approximate surface area is 363 Å². The largest absolute Gasteiger partial charge is 0.462 e. The summed E-state index contributed by atoms with van der Waals surface area (Å²) in [4.78, 5) is 24.4. The van der Waals surface area contributed by atoms with Crippen LogP contribution in [0.3, 0.4) is 0 Å². The summed E-state index contributed by atoms with van der Waals surface area (Å²) in [5.41, 5.74) is 0. The molecule has 0 saturated heterocycles. The van der Waals surface area contributed by atoms with Crippen LogP contribution in [0.25, 0.3) is 0 Å². The van der Waals surface area contributed by atoms with Crippen molar-refractivity contribution in [3.63, 3.8) is 0 Å². The molecule has 0 aromatic carbocycles. The van der Waals surface area contributed by atoms with E-state index in [-0.39, 0.29) is 25.2 Å². The van der Waals surface area contributed by atoms with E-state index in [0.29, 0.717) is 12.8 Å². The van der Waals surface area contributed by atoms with Crippen LogP contribution in [-0.2, 0) is 19.1 Å². The fourth-order valence-corrected chi connectivity index (χ4v) is 8.38. The van der Waals surface area contributed by atoms with E-state index in [0.717, 1.165) is 32.1 Å². The van der Waals surface area contributed by atoms with Crippen molar-refractivity contribution in [2.24, 2.45) is 0 Å². The molecule has 0 aliphatic rings. The molecule has 346 valence electrons. The van der Waals surface area contributed by atoms with Crippen molar-refractivity contribution < 1.29 is 24.2 Å². The first-order valence-corrected chi connectivity index (χ1v) is 26.6. The first kappa shape index (κ1) is 56.9. The van der Waals surface area contributed by atoms with Gasteiger partial charge in [-0.3, -0.25) is 9.59 Å². The number of hydrogen-bond donors (Lipinski definition) is 1. The number of unbranched alkanes of at least 4 members (excludes halogenated alkanes) is 42. The van der Waals surface area contributed by atoms with E-state index in [9.17, 15) is 14.7 Å². The standard InChI is InChI=1S/C53H104O5/c1-3-5-7-9-11-13-15-17-19-21-22-23-24-25-26-27-28-29-30-32-34-36-38-40-42-44-46-48-53(56)58-51(49-54)50-57-52(55)47-45-43-41-39-37-35-33-31-20-18-16-14-12-10-8-6-4-2/h51,54H,3-50H2,1-2H3. The minimum atomic E-state index is -0.763. The molecule has 1 unspecified atom stereocenters. The van der Waals surface area contributed by atoms with Crippen LogP contribution in [0.2, 0.25) is 0 Å². The van der Waals surface area contributed by atoms with E-state index in [1.54, 1.807) is 0 Å². The highest BCUT2D eigenvalue weighted by molar-refractivity contribution is 5.70. The second kappa shape index (κ2) is 50.3. The number of esters is 2. The molecule has 1 N–H and O–H groups in total. The minimum Gasteiger partial charge on any atom is -0.462 e. The van der Waals surface area contributed by atoms with Gasteiger partial charge in [0.05, 0.1) is 6.61 Å². The summed E-state index contributed by atoms with van der Waals surface area (Å²) in [7, 11) is 0. The Morgan fingerprint density at radius 2 is 0.534 bits per heavy atom. The maximum atomic E-state index is 12.3. The first-order valence-electron chi connectivity index (χ1n) is 26.6. The lowest BCUT2D eigenvalue weighted by Crippen LogP contribution is -2.28. The number of carbonyl (C=O) groups excluding carboxylic acids is 2. The van der Waals surface area contributed by atoms with Gasteiger partial charge in [0.2, 0.25) is 0 Å². The van der Waals surface area contributed by atoms with Crippen LogP contribution in [0, 0.1) is 0 Å². The summed E-state index contributed by atoms with van der Waals surface area (Å²) in [6.45, 7) is 4.20. The van der Waals surface area contributed by atoms with Crippen molar-refractivity contribution in [3.8, 4) is 0 Å². The van der Waals surface area contributed by atoms with E-state index < -0.39 is 6.10 Å². The maximum absolute atomic E-state index is 12.3. The third-order valence-corrected chi connectivity index (χ3v) is 12.4. The minimum absolute atomic E-state index is 0.0560. The van der Waals surface area contributed by atoms with Gasteiger partial charge < -0.3 is 14.6 Å². The number of hydrogen-bond acceptors (Lipinski definition) is 5. The Balaban J connectivity index is 3.39. The molecule has 1 atom stereocenters. The number of ether oxygens (including phenoxy) is 2. The van der Waals surface area contributed by atoms with E-state index in [2.05, 4.69) is 13.8 Å². The molecule has 0 aromatic heterocycles. The Morgan fingerprint density at radius 3 is 0.759 bits per heavy atom. The summed E-state index contributed by atoms with van der Waals surface area (Å²) in [5, 5.41) is 9.63. The monoisotopic (exact) mass is 821 g/mol. The highest BCUT2D eigenvalue weighted by Crippen LogP contribution is 2.18. The number of rotatable bonds is 50. The molecule has 0 rings (SSSR count). The van der Waals surface area contributed by atoms with E-state index in [1.807, 2.05) is 0 Å². The van der Waals surface area contributed by atoms with Crippen molar-refractivity contribution in [3.05, 3.63) is 0 Å². The van der Waals surface area contributed by atoms with Gasteiger partial charge in [-0.05, 0) is 12.8 Å². The first-order chi connectivity index (χ1) is 28.6. The van der Waals surface area contributed by atoms with Crippen LogP contribution >= 0.6 is 0 Å². The number of aliphatic hydroxyl groups is 1. The third-order valence-electron chi connectivity index (χ3n) is 12.4. The summed E-state index contributed by atoms with van der Waals surface area (Å²) in [6.07, 6.45) is 59.3. The summed E-state index contributed by atoms with van der Waals surface area (Å²) >= 11 is 0. The number of aliphatic hydroxyl groups excluding tert-OH is 1. The van der Waals surface area contributed by atoms with Crippen molar-refractivity contribution in [1.82, 2.24) is 0 Å². The molecule has 0 spiro atoms. The lowest BCUT2D eigenvalue weighted by Gasteiger charge is -2.15. The lowest BCUT2D eigenvalue weighted by molar-refractivity contribution is -0.161. The Hall–Kier alpha value is -1.10. The van der Waals surface area contributed by atoms with Crippen molar-refractivity contribution >= 4 is 11.9 Å². The molecule has 0 amide bonds. The highest BCUT2D eigenvalue weighted by atomic mass is 16.6. The molecule has 0 heterocycles. The molecule has 0 fully saturated rings. The summed E-state index contributed by atoms with van der Waals surface area (Å²) < 4.78 is 10.7. The van der Waals surface area contributed by atoms with Gasteiger partial charge in [0.25, 0.3) is 0 Å². The van der Waals surface area contributed by atoms with Gasteiger partial charge in [0.1, 0.15) is 6.61 Å². The van der Waals surface area contributed by atoms with Crippen molar-refractivity contribution in [2.75, 3.05) is 13.2 Å². The van der Waals surface area contributed by atoms with E-state index in [1.165, 1.54) is 250 Å². The van der Waals surface area contributed by atoms with Crippen molar-refractivity contribution in [1.29, 1.82) is 0 Å². The molecule has 58 heavy (non-hydrogen) atoms. The third kappa shape index (κ3) is 47.6. The Bertz CT molecular complexity index is 799. The van der Waals surface area contributed by atoms with Gasteiger partial charge in [-0.2, -0.15) is 0 Å². The Kier molecular flexibility index (Phi) is 49.3. The molecule has 5 heteroatoms. The topological polar surface area (TPSA) is 72.8 Å². The molecule has 5 nitrogen and oxygen atoms in total. The van der Waals surface area contributed by atoms with Crippen LogP contribution in [0.1, 0.15) is 309 Å². The van der Waals surface area contributed by atoms with Crippen LogP contribution < -0.4 is 0 Å². The number of carbonyl (C=O) groups is 2. The molecule has 0 aliphatic carbocycles. The lowest BCUT2D eigenvalue weighted by atomic mass is 10.0. The van der Waals surface area contributed by atoms with Gasteiger partial charge in [0, 0.05) is 12.8 Å². The molecular weight excluding hydrogens is 717 g/mol. The average Bonchev–Trinajstić information content (AvgIpc) is 3.23. The molecule has 0 aliphatic heterocycles. The maximum Gasteiger partial charge on any atom is 0.306 e. The smallest absolute Gasteiger partial charge is 0.306 e. The fourth-order valence-electron chi connectivity index (χ4n) is 8.38. The Morgan fingerprint density at radius 1 is 0.328 bits per heavy atom. The molecule has 0 bridgehead atoms. The molecule has 0 saturated carbocycles. The quantitative estimate of drug-likeness (QED) is 0.0489. The van der Waals surface area contributed by atoms with Gasteiger partial charge in [-0.1, -0.05) is 284 Å². The second-order valence-electron chi connectivity index (χ2n) is 18.3. The fraction of sp³-hybridized carbons (Fsp3) is 0.962. The van der Waals surface area contributed by atoms with Gasteiger partial charge in [-0.25, -0.2) is 0 Å². The summed E-state index contributed by atoms with van der Waals surface area (Å²) in [5.74, 6) is -0.566. The predicted molar refractivity (Wildman–Crippen MR) is 252 cm³/mol. The van der Waals surface area contributed by atoms with Gasteiger partial charge in [-0.15, -0.1) is 0 Å². The van der Waals surface area contributed by atoms with E-state index in [4.69, 9.17) is 9.47 Å². The molecule has 0 aromatic rings. The van der Waals surface area contributed by atoms with Gasteiger partial charge in [0.15, 0.2) is 6.10 Å². The normalized spacial score (nSPS) is 12.0. The van der Waals surface area contributed by atoms with Crippen LogP contribution in [0.4, 0.5) is 0 Å². The second-order valence-corrected chi connectivity index (χ2v) is 18.3. The van der Waals surface area contributed by atoms with Crippen molar-refractivity contribution in [2.45, 2.75) is 315 Å². The average molecular weight is 821 g/mol. The predicted octanol–water partition coefficient (Wildman–Crippen LogP) is 17.4. The highest BCUT2D eigenvalue weighted by Gasteiger charge is 2.16. The zero-order chi connectivity index (χ0) is 42.1. The zero-order valence-electron chi connectivity index (χ0n) is 39.6. The summed E-state index contributed by atoms with van der Waals surface area (Å²) in [6, 6.07) is 0. The van der Waals surface area contributed by atoms with Crippen LogP contribution in [0.15, 0.2) is 0 Å². The molecular formula is C53H104O5. The zero-order valence-corrected chi connectivity index (χ0v) is 39.6. The SMILES string of the molecule is CCCCCCCCCCCCCCCCCCCCCCCCCCCCCC(=O)OC(CO)COC(=O)CCCCCCCCCCCCCCCCCCC. The van der Waals surface area contributed by atoms with Crippen LogP contribution in [-0.4, -0.2) is 36.4 Å². The van der Waals surface area contributed by atoms with E-state index >= 15 is 0 Å². The van der Waals surface area contributed by atoms with Gasteiger partial charge >= 0.3 is 11.9 Å². The molecule has 0 radical (unpaired) electrons.